The first-order valence-electron chi connectivity index (χ1n) is 7.16. The van der Waals surface area contributed by atoms with Crippen molar-refractivity contribution < 1.29 is 4.79 Å². The fraction of sp³-hybridized carbons (Fsp3) is 0.600. The van der Waals surface area contributed by atoms with E-state index >= 15 is 0 Å². The standard InChI is InChI=1S/C15H23N3OS/c1-4-20-13-7-6-12(9-13)17-14-8-5-11(10-16-14)15(19)18(2)3/h5,8,10,12-13H,4,6-7,9H2,1-3H3,(H,16,17). The number of carbonyl (C=O) groups is 1. The molecule has 0 radical (unpaired) electrons. The van der Waals surface area contributed by atoms with E-state index in [1.807, 2.05) is 12.1 Å². The molecule has 2 unspecified atom stereocenters. The normalized spacial score (nSPS) is 21.8. The lowest BCUT2D eigenvalue weighted by Crippen LogP contribution is -2.22. The molecule has 1 aromatic heterocycles. The number of pyridine rings is 1. The van der Waals surface area contributed by atoms with Gasteiger partial charge in [-0.2, -0.15) is 11.8 Å². The van der Waals surface area contributed by atoms with Crippen molar-refractivity contribution in [2.45, 2.75) is 37.5 Å². The number of thioether (sulfide) groups is 1. The second-order valence-electron chi connectivity index (χ2n) is 5.36. The number of anilines is 1. The molecular formula is C15H23N3OS. The molecule has 2 rings (SSSR count). The SMILES string of the molecule is CCSC1CCC(Nc2ccc(C(=O)N(C)C)cn2)C1. The number of rotatable bonds is 5. The maximum atomic E-state index is 11.8. The summed E-state index contributed by atoms with van der Waals surface area (Å²) in [6.45, 7) is 2.22. The predicted octanol–water partition coefficient (Wildman–Crippen LogP) is 2.87. The van der Waals surface area contributed by atoms with Crippen LogP contribution in [0.15, 0.2) is 18.3 Å². The second kappa shape index (κ2) is 6.97. The average molecular weight is 293 g/mol. The van der Waals surface area contributed by atoms with Crippen LogP contribution in [0, 0.1) is 0 Å². The zero-order chi connectivity index (χ0) is 14.5. The van der Waals surface area contributed by atoms with Crippen LogP contribution in [0.5, 0.6) is 0 Å². The van der Waals surface area contributed by atoms with Gasteiger partial charge >= 0.3 is 0 Å². The van der Waals surface area contributed by atoms with E-state index in [9.17, 15) is 4.79 Å². The van der Waals surface area contributed by atoms with Gasteiger partial charge in [0, 0.05) is 31.6 Å². The number of nitrogens with one attached hydrogen (secondary N) is 1. The van der Waals surface area contributed by atoms with Crippen molar-refractivity contribution in [3.8, 4) is 0 Å². The summed E-state index contributed by atoms with van der Waals surface area (Å²) in [7, 11) is 3.50. The molecule has 1 fully saturated rings. The van der Waals surface area contributed by atoms with Crippen LogP contribution in [0.1, 0.15) is 36.5 Å². The molecule has 0 bridgehead atoms. The predicted molar refractivity (Wildman–Crippen MR) is 85.4 cm³/mol. The smallest absolute Gasteiger partial charge is 0.254 e. The van der Waals surface area contributed by atoms with Crippen LogP contribution in [0.4, 0.5) is 5.82 Å². The maximum Gasteiger partial charge on any atom is 0.254 e. The number of aromatic nitrogens is 1. The van der Waals surface area contributed by atoms with E-state index in [-0.39, 0.29) is 5.91 Å². The summed E-state index contributed by atoms with van der Waals surface area (Å²) in [5, 5.41) is 4.26. The largest absolute Gasteiger partial charge is 0.367 e. The van der Waals surface area contributed by atoms with Crippen LogP contribution >= 0.6 is 11.8 Å². The van der Waals surface area contributed by atoms with Gasteiger partial charge in [0.15, 0.2) is 0 Å². The van der Waals surface area contributed by atoms with Crippen molar-refractivity contribution in [3.05, 3.63) is 23.9 Å². The van der Waals surface area contributed by atoms with Crippen LogP contribution in [0.3, 0.4) is 0 Å². The van der Waals surface area contributed by atoms with Gasteiger partial charge in [-0.25, -0.2) is 4.98 Å². The van der Waals surface area contributed by atoms with Gasteiger partial charge in [-0.3, -0.25) is 4.79 Å². The molecule has 5 heteroatoms. The van der Waals surface area contributed by atoms with E-state index in [0.29, 0.717) is 11.6 Å². The van der Waals surface area contributed by atoms with Crippen LogP contribution in [0.2, 0.25) is 0 Å². The van der Waals surface area contributed by atoms with Gasteiger partial charge in [0.1, 0.15) is 5.82 Å². The summed E-state index contributed by atoms with van der Waals surface area (Å²) in [4.78, 5) is 17.7. The minimum absolute atomic E-state index is 0.00988. The number of hydrogen-bond acceptors (Lipinski definition) is 4. The zero-order valence-electron chi connectivity index (χ0n) is 12.4. The average Bonchev–Trinajstić information content (AvgIpc) is 2.86. The molecule has 0 saturated heterocycles. The van der Waals surface area contributed by atoms with Gasteiger partial charge in [-0.15, -0.1) is 0 Å². The van der Waals surface area contributed by atoms with Crippen molar-refractivity contribution in [1.82, 2.24) is 9.88 Å². The van der Waals surface area contributed by atoms with Crippen LogP contribution in [0.25, 0.3) is 0 Å². The highest BCUT2D eigenvalue weighted by Crippen LogP contribution is 2.31. The molecule has 1 aliphatic carbocycles. The van der Waals surface area contributed by atoms with Gasteiger partial charge in [0.25, 0.3) is 5.91 Å². The Morgan fingerprint density at radius 3 is 2.85 bits per heavy atom. The second-order valence-corrected chi connectivity index (χ2v) is 6.94. The quantitative estimate of drug-likeness (QED) is 0.906. The first-order valence-corrected chi connectivity index (χ1v) is 8.21. The third-order valence-electron chi connectivity index (χ3n) is 3.56. The summed E-state index contributed by atoms with van der Waals surface area (Å²) < 4.78 is 0. The highest BCUT2D eigenvalue weighted by atomic mass is 32.2. The Morgan fingerprint density at radius 1 is 1.45 bits per heavy atom. The topological polar surface area (TPSA) is 45.2 Å². The van der Waals surface area contributed by atoms with Gasteiger partial charge < -0.3 is 10.2 Å². The highest BCUT2D eigenvalue weighted by Gasteiger charge is 2.24. The van der Waals surface area contributed by atoms with E-state index in [1.165, 1.54) is 25.0 Å². The van der Waals surface area contributed by atoms with E-state index < -0.39 is 0 Å². The molecule has 0 spiro atoms. The molecule has 1 aliphatic rings. The van der Waals surface area contributed by atoms with Crippen LogP contribution in [-0.4, -0.2) is 46.9 Å². The highest BCUT2D eigenvalue weighted by molar-refractivity contribution is 7.99. The Bertz CT molecular complexity index is 447. The Morgan fingerprint density at radius 2 is 2.25 bits per heavy atom. The monoisotopic (exact) mass is 293 g/mol. The first kappa shape index (κ1) is 15.2. The van der Waals surface area contributed by atoms with E-state index in [0.717, 1.165) is 11.1 Å². The molecule has 4 nitrogen and oxygen atoms in total. The van der Waals surface area contributed by atoms with Gasteiger partial charge in [0.2, 0.25) is 0 Å². The molecule has 110 valence electrons. The van der Waals surface area contributed by atoms with Gasteiger partial charge in [-0.1, -0.05) is 6.92 Å². The molecule has 1 heterocycles. The van der Waals surface area contributed by atoms with Crippen molar-refractivity contribution in [3.63, 3.8) is 0 Å². The maximum absolute atomic E-state index is 11.8. The van der Waals surface area contributed by atoms with E-state index in [2.05, 4.69) is 29.0 Å². The minimum atomic E-state index is -0.00988. The van der Waals surface area contributed by atoms with E-state index in [4.69, 9.17) is 0 Å². The third-order valence-corrected chi connectivity index (χ3v) is 4.79. The van der Waals surface area contributed by atoms with Crippen LogP contribution < -0.4 is 5.32 Å². The van der Waals surface area contributed by atoms with Crippen molar-refractivity contribution in [1.29, 1.82) is 0 Å². The Balaban J connectivity index is 1.90. The van der Waals surface area contributed by atoms with Gasteiger partial charge in [-0.05, 0) is 37.1 Å². The molecular weight excluding hydrogens is 270 g/mol. The number of nitrogens with zero attached hydrogens (tertiary/aromatic N) is 2. The van der Waals surface area contributed by atoms with Crippen molar-refractivity contribution >= 4 is 23.5 Å². The lowest BCUT2D eigenvalue weighted by molar-refractivity contribution is 0.0827. The number of amides is 1. The van der Waals surface area contributed by atoms with Crippen LogP contribution in [-0.2, 0) is 0 Å². The summed E-state index contributed by atoms with van der Waals surface area (Å²) in [6.07, 6.45) is 5.35. The summed E-state index contributed by atoms with van der Waals surface area (Å²) >= 11 is 2.05. The molecule has 20 heavy (non-hydrogen) atoms. The summed E-state index contributed by atoms with van der Waals surface area (Å²) in [6, 6.07) is 4.25. The van der Waals surface area contributed by atoms with Gasteiger partial charge in [0.05, 0.1) is 5.56 Å². The Labute approximate surface area is 125 Å². The molecule has 0 aromatic carbocycles. The van der Waals surface area contributed by atoms with Crippen molar-refractivity contribution in [2.75, 3.05) is 25.2 Å². The Kier molecular flexibility index (Phi) is 5.29. The summed E-state index contributed by atoms with van der Waals surface area (Å²) in [5.41, 5.74) is 0.631. The molecule has 1 aromatic rings. The minimum Gasteiger partial charge on any atom is -0.367 e. The first-order chi connectivity index (χ1) is 9.60. The Hall–Kier alpha value is -1.23. The third kappa shape index (κ3) is 3.88. The lowest BCUT2D eigenvalue weighted by Gasteiger charge is -2.14. The fourth-order valence-corrected chi connectivity index (χ4v) is 3.67. The number of carbonyl (C=O) groups excluding carboxylic acids is 1. The molecule has 0 aliphatic heterocycles. The molecule has 1 N–H and O–H groups in total. The summed E-state index contributed by atoms with van der Waals surface area (Å²) in [5.74, 6) is 2.05. The zero-order valence-corrected chi connectivity index (χ0v) is 13.2. The molecule has 2 atom stereocenters. The lowest BCUT2D eigenvalue weighted by atomic mass is 10.2. The molecule has 1 saturated carbocycles. The number of hydrogen-bond donors (Lipinski definition) is 1. The molecule has 1 amide bonds. The van der Waals surface area contributed by atoms with Crippen molar-refractivity contribution in [2.24, 2.45) is 0 Å². The fourth-order valence-electron chi connectivity index (χ4n) is 2.53. The van der Waals surface area contributed by atoms with E-state index in [1.54, 1.807) is 25.2 Å².